The molecule has 0 radical (unpaired) electrons. The van der Waals surface area contributed by atoms with Gasteiger partial charge < -0.3 is 9.47 Å². The van der Waals surface area contributed by atoms with E-state index in [9.17, 15) is 4.79 Å². The van der Waals surface area contributed by atoms with Crippen LogP contribution in [0, 0.1) is 6.92 Å². The third-order valence-electron chi connectivity index (χ3n) is 5.38. The van der Waals surface area contributed by atoms with Crippen molar-refractivity contribution < 1.29 is 4.79 Å². The van der Waals surface area contributed by atoms with Gasteiger partial charge in [0.05, 0.1) is 18.4 Å². The predicted molar refractivity (Wildman–Crippen MR) is 104 cm³/mol. The summed E-state index contributed by atoms with van der Waals surface area (Å²) in [5.41, 5.74) is 3.36. The first kappa shape index (κ1) is 17.5. The Hall–Kier alpha value is -2.95. The molecule has 4 rings (SSSR count). The van der Waals surface area contributed by atoms with E-state index in [0.717, 1.165) is 42.3 Å². The SMILES string of the molecule is Cc1cnc(C2CN(C(=O)C(C)c3ccccc3)C2)n1Cc1cccnc1. The number of carbonyl (C=O) groups excluding carboxylic acids is 1. The van der Waals surface area contributed by atoms with Crippen LogP contribution in [0.3, 0.4) is 0 Å². The molecule has 2 aromatic heterocycles. The summed E-state index contributed by atoms with van der Waals surface area (Å²) in [6.07, 6.45) is 5.60. The van der Waals surface area contributed by atoms with Gasteiger partial charge in [0.1, 0.15) is 5.82 Å². The average molecular weight is 360 g/mol. The van der Waals surface area contributed by atoms with Gasteiger partial charge in [0.2, 0.25) is 5.91 Å². The zero-order valence-electron chi connectivity index (χ0n) is 15.7. The van der Waals surface area contributed by atoms with E-state index in [0.29, 0.717) is 5.92 Å². The first-order chi connectivity index (χ1) is 13.1. The Labute approximate surface area is 159 Å². The molecule has 1 aromatic carbocycles. The Balaban J connectivity index is 1.43. The fourth-order valence-electron chi connectivity index (χ4n) is 3.67. The molecule has 1 aliphatic heterocycles. The lowest BCUT2D eigenvalue weighted by Crippen LogP contribution is -2.50. The van der Waals surface area contributed by atoms with E-state index in [2.05, 4.69) is 27.5 Å². The first-order valence-corrected chi connectivity index (χ1v) is 9.38. The molecule has 0 aliphatic carbocycles. The summed E-state index contributed by atoms with van der Waals surface area (Å²) in [4.78, 5) is 23.6. The lowest BCUT2D eigenvalue weighted by molar-refractivity contribution is -0.137. The van der Waals surface area contributed by atoms with Crippen LogP contribution in [0.2, 0.25) is 0 Å². The molecule has 3 heterocycles. The fourth-order valence-corrected chi connectivity index (χ4v) is 3.67. The number of rotatable bonds is 5. The van der Waals surface area contributed by atoms with Crippen LogP contribution in [0.15, 0.2) is 61.1 Å². The molecular weight excluding hydrogens is 336 g/mol. The molecule has 1 fully saturated rings. The van der Waals surface area contributed by atoms with Crippen LogP contribution in [-0.2, 0) is 11.3 Å². The summed E-state index contributed by atoms with van der Waals surface area (Å²) >= 11 is 0. The lowest BCUT2D eigenvalue weighted by Gasteiger charge is -2.40. The van der Waals surface area contributed by atoms with Crippen molar-refractivity contribution >= 4 is 5.91 Å². The van der Waals surface area contributed by atoms with Gasteiger partial charge in [-0.05, 0) is 31.0 Å². The maximum absolute atomic E-state index is 12.8. The van der Waals surface area contributed by atoms with Gasteiger partial charge in [-0.2, -0.15) is 0 Å². The van der Waals surface area contributed by atoms with Gasteiger partial charge in [-0.15, -0.1) is 0 Å². The molecule has 0 spiro atoms. The number of benzene rings is 1. The first-order valence-electron chi connectivity index (χ1n) is 9.38. The standard InChI is InChI=1S/C22H24N4O/c1-16-11-24-21(26(16)13-18-7-6-10-23-12-18)20-14-25(15-20)22(27)17(2)19-8-4-3-5-9-19/h3-12,17,20H,13-15H2,1-2H3. The van der Waals surface area contributed by atoms with Crippen molar-refractivity contribution in [2.24, 2.45) is 0 Å². The van der Waals surface area contributed by atoms with E-state index in [1.807, 2.05) is 60.6 Å². The third kappa shape index (κ3) is 3.50. The van der Waals surface area contributed by atoms with Crippen molar-refractivity contribution in [3.8, 4) is 0 Å². The summed E-state index contributed by atoms with van der Waals surface area (Å²) in [7, 11) is 0. The number of hydrogen-bond donors (Lipinski definition) is 0. The van der Waals surface area contributed by atoms with Gasteiger partial charge in [0, 0.05) is 37.4 Å². The van der Waals surface area contributed by atoms with E-state index in [-0.39, 0.29) is 11.8 Å². The van der Waals surface area contributed by atoms with Crippen LogP contribution >= 0.6 is 0 Å². The number of nitrogens with zero attached hydrogens (tertiary/aromatic N) is 4. The molecule has 5 nitrogen and oxygen atoms in total. The Kier molecular flexibility index (Phi) is 4.75. The second kappa shape index (κ2) is 7.35. The highest BCUT2D eigenvalue weighted by atomic mass is 16.2. The number of amides is 1. The molecular formula is C22H24N4O. The highest BCUT2D eigenvalue weighted by Gasteiger charge is 2.36. The van der Waals surface area contributed by atoms with Gasteiger partial charge >= 0.3 is 0 Å². The minimum absolute atomic E-state index is 0.107. The van der Waals surface area contributed by atoms with Crippen LogP contribution in [0.5, 0.6) is 0 Å². The normalized spacial score (nSPS) is 15.4. The molecule has 0 N–H and O–H groups in total. The smallest absolute Gasteiger partial charge is 0.229 e. The molecule has 1 saturated heterocycles. The van der Waals surface area contributed by atoms with E-state index < -0.39 is 0 Å². The second-order valence-corrected chi connectivity index (χ2v) is 7.28. The monoisotopic (exact) mass is 360 g/mol. The van der Waals surface area contributed by atoms with Gasteiger partial charge in [0.25, 0.3) is 0 Å². The minimum Gasteiger partial charge on any atom is -0.341 e. The van der Waals surface area contributed by atoms with Crippen LogP contribution in [0.25, 0.3) is 0 Å². The highest BCUT2D eigenvalue weighted by Crippen LogP contribution is 2.30. The van der Waals surface area contributed by atoms with Crippen LogP contribution in [-0.4, -0.2) is 38.4 Å². The fraction of sp³-hybridized carbons (Fsp3) is 0.318. The topological polar surface area (TPSA) is 51.0 Å². The molecule has 0 bridgehead atoms. The van der Waals surface area contributed by atoms with Gasteiger partial charge in [-0.25, -0.2) is 4.98 Å². The average Bonchev–Trinajstić information content (AvgIpc) is 3.02. The summed E-state index contributed by atoms with van der Waals surface area (Å²) in [6, 6.07) is 14.0. The maximum atomic E-state index is 12.8. The molecule has 138 valence electrons. The predicted octanol–water partition coefficient (Wildman–Crippen LogP) is 3.36. The van der Waals surface area contributed by atoms with Crippen LogP contribution in [0.4, 0.5) is 0 Å². The third-order valence-corrected chi connectivity index (χ3v) is 5.38. The number of imidazole rings is 1. The van der Waals surface area contributed by atoms with E-state index in [1.165, 1.54) is 0 Å². The van der Waals surface area contributed by atoms with Crippen LogP contribution in [0.1, 0.15) is 41.4 Å². The number of carbonyl (C=O) groups is 1. The van der Waals surface area contributed by atoms with Crippen molar-refractivity contribution in [1.82, 2.24) is 19.4 Å². The van der Waals surface area contributed by atoms with Crippen molar-refractivity contribution in [3.63, 3.8) is 0 Å². The quantitative estimate of drug-likeness (QED) is 0.701. The van der Waals surface area contributed by atoms with Crippen molar-refractivity contribution in [1.29, 1.82) is 0 Å². The largest absolute Gasteiger partial charge is 0.341 e. The molecule has 5 heteroatoms. The molecule has 1 amide bonds. The van der Waals surface area contributed by atoms with Crippen LogP contribution < -0.4 is 0 Å². The number of aromatic nitrogens is 3. The van der Waals surface area contributed by atoms with E-state index in [4.69, 9.17) is 0 Å². The molecule has 3 aromatic rings. The second-order valence-electron chi connectivity index (χ2n) is 7.28. The molecule has 1 unspecified atom stereocenters. The summed E-state index contributed by atoms with van der Waals surface area (Å²) in [6.45, 7) is 6.29. The molecule has 27 heavy (non-hydrogen) atoms. The van der Waals surface area contributed by atoms with Gasteiger partial charge in [-0.3, -0.25) is 9.78 Å². The molecule has 1 atom stereocenters. The van der Waals surface area contributed by atoms with E-state index in [1.54, 1.807) is 6.20 Å². The molecule has 0 saturated carbocycles. The zero-order chi connectivity index (χ0) is 18.8. The van der Waals surface area contributed by atoms with Crippen molar-refractivity contribution in [3.05, 3.63) is 83.7 Å². The number of pyridine rings is 1. The summed E-state index contributed by atoms with van der Waals surface area (Å²) in [5, 5.41) is 0. The van der Waals surface area contributed by atoms with Crippen molar-refractivity contribution in [2.75, 3.05) is 13.1 Å². The number of aryl methyl sites for hydroxylation is 1. The number of likely N-dealkylation sites (tertiary alicyclic amines) is 1. The molecule has 1 aliphatic rings. The highest BCUT2D eigenvalue weighted by molar-refractivity contribution is 5.84. The Morgan fingerprint density at radius 1 is 1.15 bits per heavy atom. The van der Waals surface area contributed by atoms with Gasteiger partial charge in [-0.1, -0.05) is 36.4 Å². The Morgan fingerprint density at radius 2 is 1.93 bits per heavy atom. The van der Waals surface area contributed by atoms with E-state index >= 15 is 0 Å². The lowest BCUT2D eigenvalue weighted by atomic mass is 9.93. The minimum atomic E-state index is -0.107. The Bertz CT molecular complexity index is 914. The zero-order valence-corrected chi connectivity index (χ0v) is 15.7. The van der Waals surface area contributed by atoms with Gasteiger partial charge in [0.15, 0.2) is 0 Å². The number of hydrogen-bond acceptors (Lipinski definition) is 3. The summed E-state index contributed by atoms with van der Waals surface area (Å²) in [5.74, 6) is 1.44. The summed E-state index contributed by atoms with van der Waals surface area (Å²) < 4.78 is 2.24. The maximum Gasteiger partial charge on any atom is 0.229 e. The van der Waals surface area contributed by atoms with Crippen molar-refractivity contribution in [2.45, 2.75) is 32.2 Å². The Morgan fingerprint density at radius 3 is 2.63 bits per heavy atom.